The maximum absolute atomic E-state index is 6.35. The molecule has 5 heteroatoms. The molecule has 0 N–H and O–H groups in total. The van der Waals surface area contributed by atoms with Crippen LogP contribution < -0.4 is 4.90 Å². The van der Waals surface area contributed by atoms with Crippen molar-refractivity contribution in [2.75, 3.05) is 31.1 Å². The Morgan fingerprint density at radius 3 is 2.37 bits per heavy atom. The second-order valence-corrected chi connectivity index (χ2v) is 10.6. The third-order valence-corrected chi connectivity index (χ3v) is 8.64. The fourth-order valence-electron chi connectivity index (χ4n) is 5.55. The van der Waals surface area contributed by atoms with Gasteiger partial charge in [0.1, 0.15) is 0 Å². The van der Waals surface area contributed by atoms with Crippen LogP contribution in [0.2, 0.25) is 5.02 Å². The van der Waals surface area contributed by atoms with Gasteiger partial charge in [-0.2, -0.15) is 0 Å². The molecule has 3 aliphatic rings. The Kier molecular flexibility index (Phi) is 7.24. The summed E-state index contributed by atoms with van der Waals surface area (Å²) in [6.07, 6.45) is 11.4. The van der Waals surface area contributed by atoms with Gasteiger partial charge in [0.2, 0.25) is 0 Å². The van der Waals surface area contributed by atoms with E-state index in [9.17, 15) is 0 Å². The number of para-hydroxylation sites is 1. The summed E-state index contributed by atoms with van der Waals surface area (Å²) in [6, 6.07) is 15.1. The van der Waals surface area contributed by atoms with Crippen molar-refractivity contribution in [1.29, 1.82) is 0 Å². The smallest absolute Gasteiger partial charge is 0.0567 e. The minimum Gasteiger partial charge on any atom is -0.340 e. The molecule has 0 radical (unpaired) electrons. The van der Waals surface area contributed by atoms with Gasteiger partial charge in [0, 0.05) is 21.4 Å². The fourth-order valence-corrected chi connectivity index (χ4v) is 6.79. The van der Waals surface area contributed by atoms with Gasteiger partial charge in [0.25, 0.3) is 0 Å². The molecule has 2 aromatic rings. The van der Waals surface area contributed by atoms with Crippen LogP contribution in [0.5, 0.6) is 0 Å². The number of rotatable bonds is 4. The molecular formula is C25H32Cl2N2S. The van der Waals surface area contributed by atoms with Gasteiger partial charge in [-0.25, -0.2) is 0 Å². The third-order valence-electron chi connectivity index (χ3n) is 7.27. The van der Waals surface area contributed by atoms with E-state index in [1.54, 1.807) is 0 Å². The van der Waals surface area contributed by atoms with Gasteiger partial charge < -0.3 is 9.80 Å². The molecule has 1 spiro atoms. The molecule has 0 bridgehead atoms. The first-order valence-electron chi connectivity index (χ1n) is 11.3. The van der Waals surface area contributed by atoms with Crippen molar-refractivity contribution in [3.63, 3.8) is 0 Å². The third kappa shape index (κ3) is 4.65. The number of anilines is 2. The molecule has 2 nitrogen and oxygen atoms in total. The van der Waals surface area contributed by atoms with E-state index in [1.165, 1.54) is 92.2 Å². The average molecular weight is 464 g/mol. The molecule has 2 fully saturated rings. The van der Waals surface area contributed by atoms with Gasteiger partial charge in [0.05, 0.1) is 11.4 Å². The van der Waals surface area contributed by atoms with Crippen LogP contribution in [0.1, 0.15) is 51.4 Å². The van der Waals surface area contributed by atoms with Crippen molar-refractivity contribution in [1.82, 2.24) is 4.90 Å². The zero-order valence-corrected chi connectivity index (χ0v) is 20.0. The summed E-state index contributed by atoms with van der Waals surface area (Å²) in [4.78, 5) is 7.85. The Balaban J connectivity index is 0.00000218. The topological polar surface area (TPSA) is 6.48 Å². The fraction of sp³-hybridized carbons (Fsp3) is 0.520. The summed E-state index contributed by atoms with van der Waals surface area (Å²) in [5, 5.41) is 0.822. The molecule has 2 heterocycles. The quantitative estimate of drug-likeness (QED) is 0.457. The molecule has 0 unspecified atom stereocenters. The number of hydrogen-bond acceptors (Lipinski definition) is 3. The van der Waals surface area contributed by atoms with Gasteiger partial charge >= 0.3 is 0 Å². The second kappa shape index (κ2) is 9.73. The maximum atomic E-state index is 6.35. The van der Waals surface area contributed by atoms with Gasteiger partial charge in [-0.1, -0.05) is 54.8 Å². The highest BCUT2D eigenvalue weighted by Crippen LogP contribution is 2.49. The van der Waals surface area contributed by atoms with Crippen molar-refractivity contribution < 1.29 is 0 Å². The lowest BCUT2D eigenvalue weighted by molar-refractivity contribution is 0.0676. The zero-order valence-electron chi connectivity index (χ0n) is 17.6. The molecule has 2 aliphatic heterocycles. The first-order chi connectivity index (χ1) is 14.2. The second-order valence-electron chi connectivity index (χ2n) is 9.09. The molecule has 5 rings (SSSR count). The number of nitrogens with zero attached hydrogens (tertiary/aromatic N) is 2. The van der Waals surface area contributed by atoms with Gasteiger partial charge in [-0.15, -0.1) is 12.4 Å². The highest BCUT2D eigenvalue weighted by molar-refractivity contribution is 7.99. The van der Waals surface area contributed by atoms with Crippen molar-refractivity contribution >= 4 is 47.1 Å². The average Bonchev–Trinajstić information content (AvgIpc) is 2.76. The lowest BCUT2D eigenvalue weighted by Gasteiger charge is -2.44. The van der Waals surface area contributed by atoms with Crippen LogP contribution in [0.15, 0.2) is 52.3 Å². The molecular weight excluding hydrogens is 431 g/mol. The minimum atomic E-state index is 0. The normalized spacial score (nSPS) is 20.4. The van der Waals surface area contributed by atoms with Crippen LogP contribution >= 0.6 is 35.8 Å². The summed E-state index contributed by atoms with van der Waals surface area (Å²) < 4.78 is 0. The van der Waals surface area contributed by atoms with Crippen molar-refractivity contribution in [3.05, 3.63) is 47.5 Å². The Labute approximate surface area is 196 Å². The molecule has 30 heavy (non-hydrogen) atoms. The Hall–Kier alpha value is -0.870. The highest BCUT2D eigenvalue weighted by atomic mass is 35.5. The summed E-state index contributed by atoms with van der Waals surface area (Å²) >= 11 is 8.21. The van der Waals surface area contributed by atoms with Crippen molar-refractivity contribution in [2.45, 2.75) is 61.2 Å². The van der Waals surface area contributed by atoms with Gasteiger partial charge in [-0.3, -0.25) is 0 Å². The number of likely N-dealkylation sites (tertiary alicyclic amines) is 1. The lowest BCUT2D eigenvalue weighted by atomic mass is 9.68. The lowest BCUT2D eigenvalue weighted by Crippen LogP contribution is -2.42. The highest BCUT2D eigenvalue weighted by Gasteiger charge is 2.35. The van der Waals surface area contributed by atoms with Crippen LogP contribution in [-0.2, 0) is 0 Å². The molecule has 0 aromatic heterocycles. The molecule has 162 valence electrons. The largest absolute Gasteiger partial charge is 0.340 e. The predicted octanol–water partition coefficient (Wildman–Crippen LogP) is 7.80. The standard InChI is InChI=1S/C25H31ClN2S.ClH/c26-20-9-10-24-22(19-20)28(21-7-2-3-8-23(21)29-24)16-6-15-27-17-13-25(14-18-27)11-4-1-5-12-25;/h2-3,7-10,19H,1,4-6,11-18H2;1H. The molecule has 0 amide bonds. The monoisotopic (exact) mass is 462 g/mol. The first kappa shape index (κ1) is 22.3. The van der Waals surface area contributed by atoms with Crippen LogP contribution in [0.25, 0.3) is 0 Å². The number of benzene rings is 2. The molecule has 2 aromatic carbocycles. The number of halogens is 2. The number of fused-ring (bicyclic) bond motifs is 2. The summed E-state index contributed by atoms with van der Waals surface area (Å²) in [6.45, 7) is 4.86. The molecule has 1 aliphatic carbocycles. The van der Waals surface area contributed by atoms with Crippen LogP contribution in [0.4, 0.5) is 11.4 Å². The van der Waals surface area contributed by atoms with E-state index >= 15 is 0 Å². The summed E-state index contributed by atoms with van der Waals surface area (Å²) in [5.74, 6) is 0. The summed E-state index contributed by atoms with van der Waals surface area (Å²) in [7, 11) is 0. The Bertz CT molecular complexity index is 856. The number of piperidine rings is 1. The maximum Gasteiger partial charge on any atom is 0.0567 e. The van der Waals surface area contributed by atoms with E-state index in [0.717, 1.165) is 11.6 Å². The van der Waals surface area contributed by atoms with E-state index in [2.05, 4.69) is 46.2 Å². The molecule has 1 saturated heterocycles. The SMILES string of the molecule is Cl.Clc1ccc2c(c1)N(CCCN1CCC3(CCCCC3)CC1)c1ccccc1S2. The van der Waals surface area contributed by atoms with E-state index in [0.29, 0.717) is 5.41 Å². The van der Waals surface area contributed by atoms with Crippen LogP contribution in [0.3, 0.4) is 0 Å². The Morgan fingerprint density at radius 1 is 0.833 bits per heavy atom. The van der Waals surface area contributed by atoms with Gasteiger partial charge in [0.15, 0.2) is 0 Å². The van der Waals surface area contributed by atoms with Crippen molar-refractivity contribution in [2.24, 2.45) is 5.41 Å². The van der Waals surface area contributed by atoms with E-state index < -0.39 is 0 Å². The summed E-state index contributed by atoms with van der Waals surface area (Å²) in [5.41, 5.74) is 3.29. The predicted molar refractivity (Wildman–Crippen MR) is 132 cm³/mol. The Morgan fingerprint density at radius 2 is 1.57 bits per heavy atom. The van der Waals surface area contributed by atoms with E-state index in [4.69, 9.17) is 11.6 Å². The molecule has 1 saturated carbocycles. The molecule has 0 atom stereocenters. The van der Waals surface area contributed by atoms with Crippen LogP contribution in [-0.4, -0.2) is 31.1 Å². The zero-order chi connectivity index (χ0) is 19.7. The van der Waals surface area contributed by atoms with E-state index in [1.807, 2.05) is 17.8 Å². The minimum absolute atomic E-state index is 0. The van der Waals surface area contributed by atoms with Gasteiger partial charge in [-0.05, 0) is 87.5 Å². The number of hydrogen-bond donors (Lipinski definition) is 0. The van der Waals surface area contributed by atoms with Crippen molar-refractivity contribution in [3.8, 4) is 0 Å². The first-order valence-corrected chi connectivity index (χ1v) is 12.5. The van der Waals surface area contributed by atoms with Crippen LogP contribution in [0, 0.1) is 5.41 Å². The van der Waals surface area contributed by atoms with E-state index in [-0.39, 0.29) is 12.4 Å².